The number of hydrogen-bond donors (Lipinski definition) is 1. The van der Waals surface area contributed by atoms with Gasteiger partial charge in [0.25, 0.3) is 12.4 Å². The molecule has 2 aromatic carbocycles. The topological polar surface area (TPSA) is 55.4 Å². The highest BCUT2D eigenvalue weighted by Gasteiger charge is 2.00. The van der Waals surface area contributed by atoms with E-state index in [0.29, 0.717) is 13.1 Å². The lowest BCUT2D eigenvalue weighted by atomic mass is 10.0. The summed E-state index contributed by atoms with van der Waals surface area (Å²) in [6.07, 6.45) is 6.97. The fourth-order valence-corrected chi connectivity index (χ4v) is 1.88. The molecule has 4 heteroatoms. The van der Waals surface area contributed by atoms with Crippen LogP contribution in [-0.2, 0) is 16.1 Å². The van der Waals surface area contributed by atoms with Gasteiger partial charge in [-0.3, -0.25) is 9.59 Å². The maximum Gasteiger partial charge on any atom is 0.293 e. The van der Waals surface area contributed by atoms with Crippen LogP contribution < -0.4 is 5.32 Å². The lowest BCUT2D eigenvalue weighted by Crippen LogP contribution is -2.23. The van der Waals surface area contributed by atoms with E-state index >= 15 is 0 Å². The zero-order valence-corrected chi connectivity index (χ0v) is 15.5. The van der Waals surface area contributed by atoms with Crippen LogP contribution in [-0.4, -0.2) is 18.9 Å². The number of benzene rings is 2. The Kier molecular flexibility index (Phi) is 12.1. The first-order chi connectivity index (χ1) is 12.8. The standard InChI is InChI=1S/C10H13NO.C8H8O2.C4H8/c1-2-8-11-10(12)9-6-4-3-5-7-9;9-7-10-6-8-4-2-1-3-5-8;1-2-4-3-1/h3-7H,2,8H2,1H3,(H,11,12);1-5,7H,6H2;1-4H2. The van der Waals surface area contributed by atoms with E-state index < -0.39 is 0 Å². The van der Waals surface area contributed by atoms with Crippen molar-refractivity contribution in [3.63, 3.8) is 0 Å². The van der Waals surface area contributed by atoms with E-state index in [-0.39, 0.29) is 5.91 Å². The highest BCUT2D eigenvalue weighted by Crippen LogP contribution is 2.15. The number of carbonyl (C=O) groups is 2. The zero-order chi connectivity index (χ0) is 18.9. The summed E-state index contributed by atoms with van der Waals surface area (Å²) in [4.78, 5) is 21.0. The van der Waals surface area contributed by atoms with Crippen LogP contribution in [0.5, 0.6) is 0 Å². The Balaban J connectivity index is 0.000000216. The first-order valence-electron chi connectivity index (χ1n) is 9.20. The van der Waals surface area contributed by atoms with Gasteiger partial charge >= 0.3 is 0 Å². The van der Waals surface area contributed by atoms with Crippen LogP contribution in [0.1, 0.15) is 54.9 Å². The Labute approximate surface area is 156 Å². The van der Waals surface area contributed by atoms with Gasteiger partial charge in [-0.2, -0.15) is 0 Å². The van der Waals surface area contributed by atoms with Crippen molar-refractivity contribution < 1.29 is 14.3 Å². The molecule has 0 radical (unpaired) electrons. The average molecular weight is 355 g/mol. The van der Waals surface area contributed by atoms with Gasteiger partial charge in [-0.05, 0) is 24.1 Å². The SMILES string of the molecule is C1CCC1.CCCNC(=O)c1ccccc1.O=COCc1ccccc1. The van der Waals surface area contributed by atoms with Crippen molar-refractivity contribution in [1.82, 2.24) is 5.32 Å². The van der Waals surface area contributed by atoms with Gasteiger partial charge in [0.15, 0.2) is 0 Å². The number of hydrogen-bond acceptors (Lipinski definition) is 3. The molecule has 1 aliphatic rings. The minimum absolute atomic E-state index is 0.0115. The van der Waals surface area contributed by atoms with Crippen molar-refractivity contribution in [2.45, 2.75) is 45.6 Å². The smallest absolute Gasteiger partial charge is 0.293 e. The van der Waals surface area contributed by atoms with Gasteiger partial charge in [-0.25, -0.2) is 0 Å². The molecular weight excluding hydrogens is 326 g/mol. The lowest BCUT2D eigenvalue weighted by molar-refractivity contribution is -0.129. The fraction of sp³-hybridized carbons (Fsp3) is 0.364. The predicted molar refractivity (Wildman–Crippen MR) is 105 cm³/mol. The van der Waals surface area contributed by atoms with Crippen molar-refractivity contribution in [2.75, 3.05) is 6.54 Å². The van der Waals surface area contributed by atoms with Gasteiger partial charge in [-0.15, -0.1) is 0 Å². The minimum Gasteiger partial charge on any atom is -0.463 e. The van der Waals surface area contributed by atoms with Crippen molar-refractivity contribution in [3.05, 3.63) is 71.8 Å². The van der Waals surface area contributed by atoms with Gasteiger partial charge in [0.1, 0.15) is 6.61 Å². The van der Waals surface area contributed by atoms with Gasteiger partial charge in [0.2, 0.25) is 0 Å². The third-order valence-corrected chi connectivity index (χ3v) is 3.73. The second-order valence-electron chi connectivity index (χ2n) is 5.93. The molecule has 1 aliphatic carbocycles. The summed E-state index contributed by atoms with van der Waals surface area (Å²) < 4.78 is 4.54. The minimum atomic E-state index is 0.0115. The number of amides is 1. The van der Waals surface area contributed by atoms with Gasteiger partial charge in [-0.1, -0.05) is 81.1 Å². The monoisotopic (exact) mass is 355 g/mol. The third kappa shape index (κ3) is 10.3. The quantitative estimate of drug-likeness (QED) is 0.761. The molecule has 140 valence electrons. The molecule has 0 bridgehead atoms. The van der Waals surface area contributed by atoms with Gasteiger partial charge in [0.05, 0.1) is 0 Å². The van der Waals surface area contributed by atoms with Crippen LogP contribution in [0.15, 0.2) is 60.7 Å². The summed E-state index contributed by atoms with van der Waals surface area (Å²) in [5.41, 5.74) is 1.74. The molecule has 3 rings (SSSR count). The van der Waals surface area contributed by atoms with E-state index in [1.807, 2.05) is 67.6 Å². The Bertz CT molecular complexity index is 591. The molecule has 26 heavy (non-hydrogen) atoms. The number of carbonyl (C=O) groups excluding carboxylic acids is 2. The summed E-state index contributed by atoms with van der Waals surface area (Å²) >= 11 is 0. The molecule has 1 N–H and O–H groups in total. The first-order valence-corrected chi connectivity index (χ1v) is 9.20. The van der Waals surface area contributed by atoms with Crippen molar-refractivity contribution in [3.8, 4) is 0 Å². The van der Waals surface area contributed by atoms with Crippen LogP contribution in [0.2, 0.25) is 0 Å². The molecule has 1 saturated carbocycles. The van der Waals surface area contributed by atoms with Crippen molar-refractivity contribution in [2.24, 2.45) is 0 Å². The van der Waals surface area contributed by atoms with E-state index in [4.69, 9.17) is 0 Å². The lowest BCUT2D eigenvalue weighted by Gasteiger charge is -2.05. The molecule has 0 aliphatic heterocycles. The van der Waals surface area contributed by atoms with Crippen molar-refractivity contribution in [1.29, 1.82) is 0 Å². The van der Waals surface area contributed by atoms with E-state index in [2.05, 4.69) is 10.1 Å². The highest BCUT2D eigenvalue weighted by molar-refractivity contribution is 5.94. The molecule has 4 nitrogen and oxygen atoms in total. The summed E-state index contributed by atoms with van der Waals surface area (Å²) in [6, 6.07) is 18.8. The van der Waals surface area contributed by atoms with Crippen molar-refractivity contribution >= 4 is 12.4 Å². The average Bonchev–Trinajstić information content (AvgIpc) is 2.65. The normalized spacial score (nSPS) is 11.4. The fourth-order valence-electron chi connectivity index (χ4n) is 1.88. The molecule has 1 fully saturated rings. The van der Waals surface area contributed by atoms with E-state index in [1.165, 1.54) is 25.7 Å². The van der Waals surface area contributed by atoms with Crippen LogP contribution >= 0.6 is 0 Å². The summed E-state index contributed by atoms with van der Waals surface area (Å²) in [5.74, 6) is 0.0115. The van der Waals surface area contributed by atoms with Crippen LogP contribution in [0.4, 0.5) is 0 Å². The van der Waals surface area contributed by atoms with Crippen LogP contribution in [0.3, 0.4) is 0 Å². The Morgan fingerprint density at radius 1 is 0.962 bits per heavy atom. The second kappa shape index (κ2) is 14.7. The molecule has 0 spiro atoms. The highest BCUT2D eigenvalue weighted by atomic mass is 16.5. The Morgan fingerprint density at radius 2 is 1.50 bits per heavy atom. The molecule has 0 atom stereocenters. The predicted octanol–water partition coefficient (Wildman–Crippen LogP) is 4.75. The van der Waals surface area contributed by atoms with Crippen LogP contribution in [0, 0.1) is 0 Å². The molecule has 0 unspecified atom stereocenters. The number of ether oxygens (including phenoxy) is 1. The van der Waals surface area contributed by atoms with E-state index in [0.717, 1.165) is 24.1 Å². The maximum atomic E-state index is 11.3. The molecule has 0 saturated heterocycles. The number of nitrogens with one attached hydrogen (secondary N) is 1. The largest absolute Gasteiger partial charge is 0.463 e. The van der Waals surface area contributed by atoms with E-state index in [1.54, 1.807) is 0 Å². The van der Waals surface area contributed by atoms with Gasteiger partial charge in [0, 0.05) is 12.1 Å². The molecule has 0 heterocycles. The molecular formula is C22H29NO3. The van der Waals surface area contributed by atoms with Gasteiger partial charge < -0.3 is 10.1 Å². The first kappa shape index (κ1) is 21.4. The zero-order valence-electron chi connectivity index (χ0n) is 15.5. The molecule has 2 aromatic rings. The van der Waals surface area contributed by atoms with E-state index in [9.17, 15) is 9.59 Å². The maximum absolute atomic E-state index is 11.3. The summed E-state index contributed by atoms with van der Waals surface area (Å²) in [7, 11) is 0. The number of rotatable bonds is 6. The van der Waals surface area contributed by atoms with Crippen LogP contribution in [0.25, 0.3) is 0 Å². The Hall–Kier alpha value is -2.62. The Morgan fingerprint density at radius 3 is 1.96 bits per heavy atom. The third-order valence-electron chi connectivity index (χ3n) is 3.73. The summed E-state index contributed by atoms with van der Waals surface area (Å²) in [5, 5.41) is 2.81. The summed E-state index contributed by atoms with van der Waals surface area (Å²) in [6.45, 7) is 3.59. The molecule has 1 amide bonds. The second-order valence-corrected chi connectivity index (χ2v) is 5.93. The molecule has 0 aromatic heterocycles.